The molecule has 20 heavy (non-hydrogen) atoms. The lowest BCUT2D eigenvalue weighted by Crippen LogP contribution is -2.46. The second-order valence-electron chi connectivity index (χ2n) is 5.61. The van der Waals surface area contributed by atoms with Crippen LogP contribution in [0.3, 0.4) is 0 Å². The van der Waals surface area contributed by atoms with Crippen LogP contribution >= 0.6 is 0 Å². The Balaban J connectivity index is 1.82. The number of aryl methyl sites for hydroxylation is 1. The SMILES string of the molecule is CN1CCN(Cc2ccnn2C)[C@@H](c2ccccc2)C1. The van der Waals surface area contributed by atoms with Gasteiger partial charge in [0.1, 0.15) is 0 Å². The summed E-state index contributed by atoms with van der Waals surface area (Å²) in [5, 5.41) is 4.27. The van der Waals surface area contributed by atoms with Gasteiger partial charge in [-0.15, -0.1) is 0 Å². The zero-order valence-corrected chi connectivity index (χ0v) is 12.2. The molecule has 1 aliphatic heterocycles. The van der Waals surface area contributed by atoms with E-state index in [1.807, 2.05) is 17.9 Å². The zero-order chi connectivity index (χ0) is 13.9. The quantitative estimate of drug-likeness (QED) is 0.851. The molecule has 0 spiro atoms. The highest BCUT2D eigenvalue weighted by Gasteiger charge is 2.26. The van der Waals surface area contributed by atoms with E-state index in [2.05, 4.69) is 58.3 Å². The molecule has 1 aromatic carbocycles. The Hall–Kier alpha value is -1.65. The minimum atomic E-state index is 0.463. The monoisotopic (exact) mass is 270 g/mol. The molecule has 0 bridgehead atoms. The van der Waals surface area contributed by atoms with E-state index in [0.717, 1.165) is 26.2 Å². The fraction of sp³-hybridized carbons (Fsp3) is 0.438. The van der Waals surface area contributed by atoms with E-state index in [9.17, 15) is 0 Å². The molecule has 0 amide bonds. The van der Waals surface area contributed by atoms with Gasteiger partial charge in [0.25, 0.3) is 0 Å². The van der Waals surface area contributed by atoms with Gasteiger partial charge in [0, 0.05) is 45.5 Å². The van der Waals surface area contributed by atoms with Crippen molar-refractivity contribution in [3.63, 3.8) is 0 Å². The van der Waals surface area contributed by atoms with Crippen LogP contribution in [0.1, 0.15) is 17.3 Å². The van der Waals surface area contributed by atoms with Gasteiger partial charge in [-0.05, 0) is 18.7 Å². The Morgan fingerprint density at radius 2 is 1.90 bits per heavy atom. The third-order valence-electron chi connectivity index (χ3n) is 4.17. The summed E-state index contributed by atoms with van der Waals surface area (Å²) < 4.78 is 1.97. The van der Waals surface area contributed by atoms with Gasteiger partial charge in [-0.1, -0.05) is 30.3 Å². The summed E-state index contributed by atoms with van der Waals surface area (Å²) in [7, 11) is 4.22. The molecular weight excluding hydrogens is 248 g/mol. The van der Waals surface area contributed by atoms with E-state index < -0.39 is 0 Å². The van der Waals surface area contributed by atoms with Gasteiger partial charge in [-0.3, -0.25) is 9.58 Å². The molecule has 2 heterocycles. The van der Waals surface area contributed by atoms with E-state index in [0.29, 0.717) is 6.04 Å². The van der Waals surface area contributed by atoms with Gasteiger partial charge >= 0.3 is 0 Å². The number of piperazine rings is 1. The van der Waals surface area contributed by atoms with Crippen molar-refractivity contribution in [1.82, 2.24) is 19.6 Å². The number of rotatable bonds is 3. The lowest BCUT2D eigenvalue weighted by molar-refractivity contribution is 0.0812. The fourth-order valence-corrected chi connectivity index (χ4v) is 2.90. The predicted octanol–water partition coefficient (Wildman–Crippen LogP) is 1.91. The maximum atomic E-state index is 4.27. The maximum Gasteiger partial charge on any atom is 0.0521 e. The minimum absolute atomic E-state index is 0.463. The summed E-state index contributed by atoms with van der Waals surface area (Å²) in [6.45, 7) is 4.27. The van der Waals surface area contributed by atoms with Crippen LogP contribution in [0.2, 0.25) is 0 Å². The van der Waals surface area contributed by atoms with Crippen LogP contribution in [0, 0.1) is 0 Å². The first kappa shape index (κ1) is 13.3. The number of benzene rings is 1. The Morgan fingerprint density at radius 1 is 1.10 bits per heavy atom. The van der Waals surface area contributed by atoms with Crippen LogP contribution in [0.15, 0.2) is 42.6 Å². The molecular formula is C16H22N4. The standard InChI is InChI=1S/C16H22N4/c1-18-10-11-20(12-15-8-9-17-19(15)2)16(13-18)14-6-4-3-5-7-14/h3-9,16H,10-13H2,1-2H3/t16-/m1/s1. The van der Waals surface area contributed by atoms with E-state index >= 15 is 0 Å². The Morgan fingerprint density at radius 3 is 2.60 bits per heavy atom. The molecule has 0 saturated carbocycles. The smallest absolute Gasteiger partial charge is 0.0521 e. The summed E-state index contributed by atoms with van der Waals surface area (Å²) in [5.74, 6) is 0. The van der Waals surface area contributed by atoms with Crippen molar-refractivity contribution in [2.45, 2.75) is 12.6 Å². The zero-order valence-electron chi connectivity index (χ0n) is 12.2. The third kappa shape index (κ3) is 2.76. The highest BCUT2D eigenvalue weighted by Crippen LogP contribution is 2.26. The van der Waals surface area contributed by atoms with Crippen LogP contribution in [0.25, 0.3) is 0 Å². The number of aromatic nitrogens is 2. The van der Waals surface area contributed by atoms with Crippen LogP contribution in [-0.2, 0) is 13.6 Å². The molecule has 1 aliphatic rings. The molecule has 106 valence electrons. The highest BCUT2D eigenvalue weighted by atomic mass is 15.3. The molecule has 0 aliphatic carbocycles. The highest BCUT2D eigenvalue weighted by molar-refractivity contribution is 5.20. The molecule has 0 unspecified atom stereocenters. The fourth-order valence-electron chi connectivity index (χ4n) is 2.90. The number of hydrogen-bond acceptors (Lipinski definition) is 3. The average Bonchev–Trinajstić information content (AvgIpc) is 2.87. The number of nitrogens with zero attached hydrogens (tertiary/aromatic N) is 4. The average molecular weight is 270 g/mol. The molecule has 1 saturated heterocycles. The number of hydrogen-bond donors (Lipinski definition) is 0. The van der Waals surface area contributed by atoms with Gasteiger partial charge in [-0.25, -0.2) is 0 Å². The normalized spacial score (nSPS) is 21.2. The molecule has 1 fully saturated rings. The third-order valence-corrected chi connectivity index (χ3v) is 4.17. The Kier molecular flexibility index (Phi) is 3.85. The first-order valence-electron chi connectivity index (χ1n) is 7.18. The molecule has 1 aromatic heterocycles. The second kappa shape index (κ2) is 5.77. The van der Waals surface area contributed by atoms with E-state index in [-0.39, 0.29) is 0 Å². The van der Waals surface area contributed by atoms with Crippen molar-refractivity contribution in [3.8, 4) is 0 Å². The molecule has 0 radical (unpaired) electrons. The van der Waals surface area contributed by atoms with Crippen molar-refractivity contribution in [1.29, 1.82) is 0 Å². The molecule has 4 nitrogen and oxygen atoms in total. The topological polar surface area (TPSA) is 24.3 Å². The van der Waals surface area contributed by atoms with Crippen molar-refractivity contribution >= 4 is 0 Å². The maximum absolute atomic E-state index is 4.27. The van der Waals surface area contributed by atoms with E-state index in [1.54, 1.807) is 0 Å². The second-order valence-corrected chi connectivity index (χ2v) is 5.61. The summed E-state index contributed by atoms with van der Waals surface area (Å²) in [4.78, 5) is 4.98. The lowest BCUT2D eigenvalue weighted by Gasteiger charge is -2.40. The molecule has 0 N–H and O–H groups in total. The predicted molar refractivity (Wildman–Crippen MR) is 80.3 cm³/mol. The number of likely N-dealkylation sites (N-methyl/N-ethyl adjacent to an activating group) is 1. The molecule has 3 rings (SSSR count). The van der Waals surface area contributed by atoms with Gasteiger partial charge in [0.2, 0.25) is 0 Å². The van der Waals surface area contributed by atoms with Crippen LogP contribution in [0.4, 0.5) is 0 Å². The van der Waals surface area contributed by atoms with Crippen molar-refractivity contribution in [3.05, 3.63) is 53.9 Å². The first-order valence-corrected chi connectivity index (χ1v) is 7.18. The van der Waals surface area contributed by atoms with Gasteiger partial charge in [-0.2, -0.15) is 5.10 Å². The van der Waals surface area contributed by atoms with Gasteiger partial charge in [0.15, 0.2) is 0 Å². The van der Waals surface area contributed by atoms with E-state index in [4.69, 9.17) is 0 Å². The summed E-state index contributed by atoms with van der Waals surface area (Å²) in [6, 6.07) is 13.4. The van der Waals surface area contributed by atoms with Crippen LogP contribution in [0.5, 0.6) is 0 Å². The van der Waals surface area contributed by atoms with Crippen molar-refractivity contribution < 1.29 is 0 Å². The summed E-state index contributed by atoms with van der Waals surface area (Å²) >= 11 is 0. The van der Waals surface area contributed by atoms with Crippen LogP contribution < -0.4 is 0 Å². The van der Waals surface area contributed by atoms with E-state index in [1.165, 1.54) is 11.3 Å². The van der Waals surface area contributed by atoms with Gasteiger partial charge < -0.3 is 4.90 Å². The Labute approximate surface area is 120 Å². The summed E-state index contributed by atoms with van der Waals surface area (Å²) in [5.41, 5.74) is 2.68. The minimum Gasteiger partial charge on any atom is -0.303 e. The first-order chi connectivity index (χ1) is 9.74. The summed E-state index contributed by atoms with van der Waals surface area (Å²) in [6.07, 6.45) is 1.88. The van der Waals surface area contributed by atoms with Crippen LogP contribution in [-0.4, -0.2) is 46.3 Å². The van der Waals surface area contributed by atoms with Crippen molar-refractivity contribution in [2.24, 2.45) is 7.05 Å². The molecule has 1 atom stereocenters. The lowest BCUT2D eigenvalue weighted by atomic mass is 10.0. The molecule has 4 heteroatoms. The molecule has 2 aromatic rings. The van der Waals surface area contributed by atoms with Crippen molar-refractivity contribution in [2.75, 3.05) is 26.7 Å². The van der Waals surface area contributed by atoms with Gasteiger partial charge in [0.05, 0.1) is 5.69 Å². The Bertz CT molecular complexity index is 549. The largest absolute Gasteiger partial charge is 0.303 e.